The van der Waals surface area contributed by atoms with Crippen LogP contribution in [0.3, 0.4) is 0 Å². The average molecular weight is 166 g/mol. The Bertz CT molecular complexity index is 45.3. The molecule has 0 radical (unpaired) electrons. The quantitative estimate of drug-likeness (QED) is 0.445. The Hall–Kier alpha value is 0.440. The highest BCUT2D eigenvalue weighted by Gasteiger charge is 1.96. The van der Waals surface area contributed by atoms with Crippen molar-refractivity contribution in [2.24, 2.45) is 0 Å². The second-order valence-electron chi connectivity index (χ2n) is 1.97. The van der Waals surface area contributed by atoms with Gasteiger partial charge < -0.3 is 0 Å². The van der Waals surface area contributed by atoms with Crippen LogP contribution in [0.2, 0.25) is 0 Å². The second kappa shape index (κ2) is 3.44. The molecule has 0 aromatic rings. The summed E-state index contributed by atoms with van der Waals surface area (Å²) >= 11 is 3.34. The lowest BCUT2D eigenvalue weighted by Crippen LogP contribution is -2.24. The van der Waals surface area contributed by atoms with E-state index >= 15 is 0 Å². The highest BCUT2D eigenvalue weighted by molar-refractivity contribution is 9.09. The van der Waals surface area contributed by atoms with Gasteiger partial charge in [0.25, 0.3) is 0 Å². The molecule has 0 rings (SSSR count). The molecule has 0 heterocycles. The zero-order valence-corrected chi connectivity index (χ0v) is 6.70. The molecule has 0 saturated heterocycles. The Labute approximate surface area is 53.8 Å². The van der Waals surface area contributed by atoms with E-state index in [4.69, 9.17) is 0 Å². The number of halogens is 1. The van der Waals surface area contributed by atoms with E-state index in [0.29, 0.717) is 6.04 Å². The maximum Gasteiger partial charge on any atom is 0.0542 e. The fourth-order valence-electron chi connectivity index (χ4n) is 0.138. The lowest BCUT2D eigenvalue weighted by atomic mass is 10.4. The molecule has 0 atom stereocenters. The van der Waals surface area contributed by atoms with E-state index < -0.39 is 0 Å². The maximum atomic E-state index is 3.34. The van der Waals surface area contributed by atoms with E-state index in [-0.39, 0.29) is 0 Å². The van der Waals surface area contributed by atoms with Crippen LogP contribution in [-0.4, -0.2) is 23.4 Å². The van der Waals surface area contributed by atoms with Crippen LogP contribution in [0.5, 0.6) is 0 Å². The monoisotopic (exact) mass is 165 g/mol. The molecule has 0 amide bonds. The standard InChI is InChI=1S/C5H12BrN/c1-5(2)7(3)4-6/h5H,4H2,1-3H3. The summed E-state index contributed by atoms with van der Waals surface area (Å²) in [5, 5.41) is 0. The van der Waals surface area contributed by atoms with Crippen molar-refractivity contribution in [1.82, 2.24) is 4.90 Å². The topological polar surface area (TPSA) is 3.24 Å². The first-order valence-electron chi connectivity index (χ1n) is 2.44. The first kappa shape index (κ1) is 7.44. The van der Waals surface area contributed by atoms with Gasteiger partial charge >= 0.3 is 0 Å². The van der Waals surface area contributed by atoms with Crippen molar-refractivity contribution in [2.75, 3.05) is 12.5 Å². The smallest absolute Gasteiger partial charge is 0.0542 e. The van der Waals surface area contributed by atoms with Crippen LogP contribution in [-0.2, 0) is 0 Å². The Morgan fingerprint density at radius 1 is 1.57 bits per heavy atom. The molecule has 2 heteroatoms. The molecule has 0 aliphatic heterocycles. The molecule has 1 nitrogen and oxygen atoms in total. The molecule has 0 bridgehead atoms. The molecule has 0 saturated carbocycles. The minimum atomic E-state index is 0.652. The zero-order chi connectivity index (χ0) is 5.86. The normalized spacial score (nSPS) is 11.1. The third-order valence-electron chi connectivity index (χ3n) is 1.07. The number of rotatable bonds is 2. The van der Waals surface area contributed by atoms with E-state index in [0.717, 1.165) is 5.45 Å². The molecular weight excluding hydrogens is 154 g/mol. The summed E-state index contributed by atoms with van der Waals surface area (Å²) in [6.07, 6.45) is 0. The molecule has 0 aliphatic carbocycles. The molecule has 0 unspecified atom stereocenters. The van der Waals surface area contributed by atoms with Crippen LogP contribution in [0, 0.1) is 0 Å². The Morgan fingerprint density at radius 2 is 2.00 bits per heavy atom. The van der Waals surface area contributed by atoms with E-state index in [2.05, 4.69) is 41.7 Å². The van der Waals surface area contributed by atoms with Gasteiger partial charge in [-0.3, -0.25) is 4.90 Å². The summed E-state index contributed by atoms with van der Waals surface area (Å²) in [5.74, 6) is 0. The molecule has 7 heavy (non-hydrogen) atoms. The fraction of sp³-hybridized carbons (Fsp3) is 1.00. The van der Waals surface area contributed by atoms with Gasteiger partial charge in [-0.1, -0.05) is 15.9 Å². The van der Waals surface area contributed by atoms with Gasteiger partial charge in [0, 0.05) is 6.04 Å². The van der Waals surface area contributed by atoms with Crippen molar-refractivity contribution in [1.29, 1.82) is 0 Å². The van der Waals surface area contributed by atoms with Crippen LogP contribution in [0.4, 0.5) is 0 Å². The predicted molar refractivity (Wildman–Crippen MR) is 36.7 cm³/mol. The molecule has 44 valence electrons. The van der Waals surface area contributed by atoms with Crippen LogP contribution in [0.15, 0.2) is 0 Å². The Kier molecular flexibility index (Phi) is 3.66. The summed E-state index contributed by atoms with van der Waals surface area (Å²) in [5.41, 5.74) is 0.963. The highest BCUT2D eigenvalue weighted by Crippen LogP contribution is 1.94. The van der Waals surface area contributed by atoms with Gasteiger partial charge in [-0.2, -0.15) is 0 Å². The van der Waals surface area contributed by atoms with E-state index in [1.165, 1.54) is 0 Å². The molecule has 0 fully saturated rings. The van der Waals surface area contributed by atoms with Crippen LogP contribution < -0.4 is 0 Å². The van der Waals surface area contributed by atoms with E-state index in [9.17, 15) is 0 Å². The first-order valence-corrected chi connectivity index (χ1v) is 3.57. The minimum Gasteiger partial charge on any atom is -0.294 e. The summed E-state index contributed by atoms with van der Waals surface area (Å²) in [6.45, 7) is 4.34. The predicted octanol–water partition coefficient (Wildman–Crippen LogP) is 1.68. The average Bonchev–Trinajstić information content (AvgIpc) is 1.65. The van der Waals surface area contributed by atoms with Crippen molar-refractivity contribution < 1.29 is 0 Å². The van der Waals surface area contributed by atoms with E-state index in [1.807, 2.05) is 0 Å². The molecular formula is C5H12BrN. The van der Waals surface area contributed by atoms with Crippen molar-refractivity contribution in [3.63, 3.8) is 0 Å². The summed E-state index contributed by atoms with van der Waals surface area (Å²) in [4.78, 5) is 2.21. The second-order valence-corrected chi connectivity index (χ2v) is 2.47. The lowest BCUT2D eigenvalue weighted by Gasteiger charge is -2.16. The number of alkyl halides is 1. The van der Waals surface area contributed by atoms with Crippen molar-refractivity contribution in [2.45, 2.75) is 19.9 Å². The SMILES string of the molecule is CC(C)N(C)CBr. The first-order chi connectivity index (χ1) is 3.18. The van der Waals surface area contributed by atoms with Crippen LogP contribution in [0.25, 0.3) is 0 Å². The third kappa shape index (κ3) is 3.06. The maximum absolute atomic E-state index is 3.34. The number of nitrogens with zero attached hydrogens (tertiary/aromatic N) is 1. The highest BCUT2D eigenvalue weighted by atomic mass is 79.9. The Balaban J connectivity index is 3.14. The van der Waals surface area contributed by atoms with Gasteiger partial charge in [-0.25, -0.2) is 0 Å². The molecule has 0 N–H and O–H groups in total. The molecule has 0 aromatic carbocycles. The third-order valence-corrected chi connectivity index (χ3v) is 1.86. The number of hydrogen-bond acceptors (Lipinski definition) is 1. The Morgan fingerprint density at radius 3 is 2.00 bits per heavy atom. The van der Waals surface area contributed by atoms with Gasteiger partial charge in [-0.05, 0) is 20.9 Å². The van der Waals surface area contributed by atoms with E-state index in [1.54, 1.807) is 0 Å². The van der Waals surface area contributed by atoms with Gasteiger partial charge in [0.1, 0.15) is 0 Å². The van der Waals surface area contributed by atoms with Crippen LogP contribution >= 0.6 is 15.9 Å². The van der Waals surface area contributed by atoms with Crippen LogP contribution in [0.1, 0.15) is 13.8 Å². The fourth-order valence-corrected chi connectivity index (χ4v) is 0.717. The van der Waals surface area contributed by atoms with Crippen molar-refractivity contribution in [3.8, 4) is 0 Å². The van der Waals surface area contributed by atoms with Crippen molar-refractivity contribution >= 4 is 15.9 Å². The van der Waals surface area contributed by atoms with Gasteiger partial charge in [0.2, 0.25) is 0 Å². The van der Waals surface area contributed by atoms with Crippen molar-refractivity contribution in [3.05, 3.63) is 0 Å². The molecule has 0 aromatic heterocycles. The van der Waals surface area contributed by atoms with Gasteiger partial charge in [-0.15, -0.1) is 0 Å². The molecule has 0 aliphatic rings. The molecule has 0 spiro atoms. The number of hydrogen-bond donors (Lipinski definition) is 0. The lowest BCUT2D eigenvalue weighted by molar-refractivity contribution is 0.325. The summed E-state index contributed by atoms with van der Waals surface area (Å²) < 4.78 is 0. The van der Waals surface area contributed by atoms with Gasteiger partial charge in [0.15, 0.2) is 0 Å². The van der Waals surface area contributed by atoms with Gasteiger partial charge in [0.05, 0.1) is 5.45 Å². The largest absolute Gasteiger partial charge is 0.294 e. The summed E-state index contributed by atoms with van der Waals surface area (Å²) in [7, 11) is 2.08. The zero-order valence-electron chi connectivity index (χ0n) is 5.11. The summed E-state index contributed by atoms with van der Waals surface area (Å²) in [6, 6.07) is 0.652. The minimum absolute atomic E-state index is 0.652.